The molecular formula is C12H12BrFO2. The lowest BCUT2D eigenvalue weighted by Gasteiger charge is -2.39. The molecule has 0 bridgehead atoms. The fourth-order valence-corrected chi connectivity index (χ4v) is 2.67. The Labute approximate surface area is 102 Å². The van der Waals surface area contributed by atoms with Crippen molar-refractivity contribution in [2.24, 2.45) is 0 Å². The average Bonchev–Trinajstić information content (AvgIpc) is 2.15. The van der Waals surface area contributed by atoms with Crippen molar-refractivity contribution in [2.75, 3.05) is 0 Å². The van der Waals surface area contributed by atoms with Gasteiger partial charge in [-0.1, -0.05) is 22.4 Å². The van der Waals surface area contributed by atoms with Crippen molar-refractivity contribution in [2.45, 2.75) is 31.6 Å². The Morgan fingerprint density at radius 2 is 2.12 bits per heavy atom. The van der Waals surface area contributed by atoms with Gasteiger partial charge in [-0.05, 0) is 37.5 Å². The van der Waals surface area contributed by atoms with Crippen LogP contribution in [0.15, 0.2) is 16.6 Å². The molecule has 0 aliphatic heterocycles. The summed E-state index contributed by atoms with van der Waals surface area (Å²) in [6.45, 7) is 1.76. The Balaban J connectivity index is 2.63. The number of aliphatic carboxylic acids is 1. The molecule has 1 saturated carbocycles. The van der Waals surface area contributed by atoms with Crippen molar-refractivity contribution in [3.63, 3.8) is 0 Å². The minimum Gasteiger partial charge on any atom is -0.481 e. The van der Waals surface area contributed by atoms with E-state index in [1.54, 1.807) is 13.0 Å². The molecule has 0 atom stereocenters. The number of carboxylic acid groups (broad SMARTS) is 1. The lowest BCUT2D eigenvalue weighted by molar-refractivity contribution is -0.147. The standard InChI is InChI=1S/C12H12BrFO2/c1-7-8(13)3-4-9(14)10(7)12(11(15)16)5-2-6-12/h3-4H,2,5-6H2,1H3,(H,15,16). The monoisotopic (exact) mass is 286 g/mol. The topological polar surface area (TPSA) is 37.3 Å². The van der Waals surface area contributed by atoms with Crippen molar-refractivity contribution in [1.82, 2.24) is 0 Å². The number of rotatable bonds is 2. The average molecular weight is 287 g/mol. The van der Waals surface area contributed by atoms with Crippen LogP contribution in [0.1, 0.15) is 30.4 Å². The molecular weight excluding hydrogens is 275 g/mol. The largest absolute Gasteiger partial charge is 0.481 e. The van der Waals surface area contributed by atoms with Crippen LogP contribution in [0.4, 0.5) is 4.39 Å². The molecule has 86 valence electrons. The van der Waals surface area contributed by atoms with Crippen LogP contribution in [0.2, 0.25) is 0 Å². The molecule has 2 rings (SSSR count). The SMILES string of the molecule is Cc1c(Br)ccc(F)c1C1(C(=O)O)CCC1. The van der Waals surface area contributed by atoms with E-state index in [0.717, 1.165) is 10.9 Å². The Morgan fingerprint density at radius 1 is 1.50 bits per heavy atom. The van der Waals surface area contributed by atoms with E-state index in [1.807, 2.05) is 0 Å². The van der Waals surface area contributed by atoms with Gasteiger partial charge in [0.25, 0.3) is 0 Å². The zero-order valence-corrected chi connectivity index (χ0v) is 10.5. The first-order valence-electron chi connectivity index (χ1n) is 5.17. The van der Waals surface area contributed by atoms with Gasteiger partial charge in [0.05, 0.1) is 5.41 Å². The number of benzene rings is 1. The van der Waals surface area contributed by atoms with Crippen molar-refractivity contribution in [3.05, 3.63) is 33.5 Å². The molecule has 1 N–H and O–H groups in total. The highest BCUT2D eigenvalue weighted by Gasteiger charge is 2.48. The smallest absolute Gasteiger partial charge is 0.314 e. The second-order valence-electron chi connectivity index (χ2n) is 4.27. The van der Waals surface area contributed by atoms with Crippen LogP contribution in [-0.4, -0.2) is 11.1 Å². The second-order valence-corrected chi connectivity index (χ2v) is 5.12. The number of halogens is 2. The lowest BCUT2D eigenvalue weighted by atomic mass is 9.63. The molecule has 2 nitrogen and oxygen atoms in total. The second kappa shape index (κ2) is 3.84. The molecule has 1 aromatic rings. The molecule has 0 saturated heterocycles. The van der Waals surface area contributed by atoms with Gasteiger partial charge >= 0.3 is 5.97 Å². The summed E-state index contributed by atoms with van der Waals surface area (Å²) in [5.41, 5.74) is 0.0422. The molecule has 0 aromatic heterocycles. The molecule has 0 amide bonds. The molecule has 1 aliphatic carbocycles. The lowest BCUT2D eigenvalue weighted by Crippen LogP contribution is -2.43. The summed E-state index contributed by atoms with van der Waals surface area (Å²) in [6, 6.07) is 2.94. The normalized spacial score (nSPS) is 17.9. The van der Waals surface area contributed by atoms with Crippen molar-refractivity contribution in [1.29, 1.82) is 0 Å². The fraction of sp³-hybridized carbons (Fsp3) is 0.417. The Kier molecular flexibility index (Phi) is 2.78. The third kappa shape index (κ3) is 1.47. The summed E-state index contributed by atoms with van der Waals surface area (Å²) < 4.78 is 14.6. The molecule has 16 heavy (non-hydrogen) atoms. The van der Waals surface area contributed by atoms with E-state index in [9.17, 15) is 14.3 Å². The van der Waals surface area contributed by atoms with Gasteiger partial charge in [0.15, 0.2) is 0 Å². The zero-order chi connectivity index (χ0) is 11.9. The van der Waals surface area contributed by atoms with E-state index >= 15 is 0 Å². The number of carbonyl (C=O) groups is 1. The number of hydrogen-bond donors (Lipinski definition) is 1. The van der Waals surface area contributed by atoms with E-state index < -0.39 is 17.2 Å². The van der Waals surface area contributed by atoms with E-state index in [-0.39, 0.29) is 0 Å². The molecule has 0 heterocycles. The van der Waals surface area contributed by atoms with Gasteiger partial charge in [0.2, 0.25) is 0 Å². The Bertz CT molecular complexity index is 453. The summed E-state index contributed by atoms with van der Waals surface area (Å²) in [5, 5.41) is 9.29. The van der Waals surface area contributed by atoms with Crippen molar-refractivity contribution < 1.29 is 14.3 Å². The van der Waals surface area contributed by atoms with Crippen LogP contribution >= 0.6 is 15.9 Å². The molecule has 1 aromatic carbocycles. The van der Waals surface area contributed by atoms with E-state index in [1.165, 1.54) is 6.07 Å². The predicted octanol–water partition coefficient (Wildman–Crippen LogP) is 3.40. The van der Waals surface area contributed by atoms with Crippen LogP contribution in [-0.2, 0) is 10.2 Å². The maximum absolute atomic E-state index is 13.8. The minimum atomic E-state index is -1.00. The summed E-state index contributed by atoms with van der Waals surface area (Å²) in [7, 11) is 0. The van der Waals surface area contributed by atoms with Gasteiger partial charge in [0, 0.05) is 10.0 Å². The number of carboxylic acids is 1. The maximum Gasteiger partial charge on any atom is 0.314 e. The van der Waals surface area contributed by atoms with Gasteiger partial charge in [-0.2, -0.15) is 0 Å². The first-order valence-corrected chi connectivity index (χ1v) is 5.97. The highest BCUT2D eigenvalue weighted by molar-refractivity contribution is 9.10. The van der Waals surface area contributed by atoms with E-state index in [2.05, 4.69) is 15.9 Å². The third-order valence-corrected chi connectivity index (χ3v) is 4.30. The Morgan fingerprint density at radius 3 is 2.56 bits per heavy atom. The highest BCUT2D eigenvalue weighted by Crippen LogP contribution is 2.47. The first kappa shape index (κ1) is 11.6. The summed E-state index contributed by atoms with van der Waals surface area (Å²) in [6.07, 6.45) is 1.89. The minimum absolute atomic E-state index is 0.348. The summed E-state index contributed by atoms with van der Waals surface area (Å²) >= 11 is 3.32. The number of hydrogen-bond acceptors (Lipinski definition) is 1. The third-order valence-electron chi connectivity index (χ3n) is 3.44. The van der Waals surface area contributed by atoms with Crippen LogP contribution in [0.3, 0.4) is 0 Å². The van der Waals surface area contributed by atoms with Gasteiger partial charge in [-0.3, -0.25) is 4.79 Å². The van der Waals surface area contributed by atoms with Gasteiger partial charge < -0.3 is 5.11 Å². The summed E-state index contributed by atoms with van der Waals surface area (Å²) in [5.74, 6) is -1.33. The maximum atomic E-state index is 13.8. The Hall–Kier alpha value is -0.900. The van der Waals surface area contributed by atoms with Crippen LogP contribution in [0.5, 0.6) is 0 Å². The first-order chi connectivity index (χ1) is 7.49. The van der Waals surface area contributed by atoms with Crippen LogP contribution in [0, 0.1) is 12.7 Å². The molecule has 4 heteroatoms. The fourth-order valence-electron chi connectivity index (χ4n) is 2.34. The van der Waals surface area contributed by atoms with E-state index in [4.69, 9.17) is 0 Å². The molecule has 0 radical (unpaired) electrons. The van der Waals surface area contributed by atoms with Crippen molar-refractivity contribution >= 4 is 21.9 Å². The quantitative estimate of drug-likeness (QED) is 0.905. The molecule has 0 spiro atoms. The molecule has 1 fully saturated rings. The predicted molar refractivity (Wildman–Crippen MR) is 62.0 cm³/mol. The van der Waals surface area contributed by atoms with Crippen molar-refractivity contribution in [3.8, 4) is 0 Å². The summed E-state index contributed by atoms with van der Waals surface area (Å²) in [4.78, 5) is 11.3. The van der Waals surface area contributed by atoms with E-state index in [0.29, 0.717) is 24.0 Å². The van der Waals surface area contributed by atoms with Crippen LogP contribution in [0.25, 0.3) is 0 Å². The molecule has 0 unspecified atom stereocenters. The zero-order valence-electron chi connectivity index (χ0n) is 8.89. The van der Waals surface area contributed by atoms with Gasteiger partial charge in [0.1, 0.15) is 5.82 Å². The molecule has 1 aliphatic rings. The van der Waals surface area contributed by atoms with Crippen LogP contribution < -0.4 is 0 Å². The van der Waals surface area contributed by atoms with Gasteiger partial charge in [-0.15, -0.1) is 0 Å². The van der Waals surface area contributed by atoms with Gasteiger partial charge in [-0.25, -0.2) is 4.39 Å². The highest BCUT2D eigenvalue weighted by atomic mass is 79.9.